The highest BCUT2D eigenvalue weighted by atomic mass is 19.1. The molecule has 0 aliphatic carbocycles. The first-order valence-corrected chi connectivity index (χ1v) is 8.67. The summed E-state index contributed by atoms with van der Waals surface area (Å²) >= 11 is 0. The minimum atomic E-state index is -0.368. The maximum Gasteiger partial charge on any atom is 0.262 e. The Labute approximate surface area is 165 Å². The minimum absolute atomic E-state index is 0.193. The van der Waals surface area contributed by atoms with Crippen LogP contribution in [0.3, 0.4) is 0 Å². The first-order chi connectivity index (χ1) is 14.1. The Morgan fingerprint density at radius 2 is 1.86 bits per heavy atom. The largest absolute Gasteiger partial charge is 0.484 e. The van der Waals surface area contributed by atoms with Crippen molar-refractivity contribution in [2.45, 2.75) is 0 Å². The molecule has 0 radical (unpaired) electrons. The summed E-state index contributed by atoms with van der Waals surface area (Å²) < 4.78 is 23.9. The van der Waals surface area contributed by atoms with Crippen molar-refractivity contribution in [1.82, 2.24) is 4.98 Å². The van der Waals surface area contributed by atoms with Crippen molar-refractivity contribution in [3.8, 4) is 17.2 Å². The third-order valence-corrected chi connectivity index (χ3v) is 4.10. The van der Waals surface area contributed by atoms with Crippen LogP contribution in [0.25, 0.3) is 27.4 Å². The molecule has 4 aromatic rings. The van der Waals surface area contributed by atoms with E-state index in [1.165, 1.54) is 24.3 Å². The number of ether oxygens (including phenoxy) is 1. The van der Waals surface area contributed by atoms with Crippen molar-refractivity contribution < 1.29 is 18.3 Å². The van der Waals surface area contributed by atoms with Gasteiger partial charge in [0.15, 0.2) is 17.9 Å². The molecular formula is C22H14FN3O3. The second kappa shape index (κ2) is 7.82. The molecule has 29 heavy (non-hydrogen) atoms. The Kier molecular flexibility index (Phi) is 4.91. The molecule has 0 spiro atoms. The number of aromatic nitrogens is 1. The highest BCUT2D eigenvalue weighted by Crippen LogP contribution is 2.27. The number of benzene rings is 3. The van der Waals surface area contributed by atoms with Crippen LogP contribution in [-0.2, 0) is 4.79 Å². The molecular weight excluding hydrogens is 373 g/mol. The van der Waals surface area contributed by atoms with E-state index in [1.54, 1.807) is 42.5 Å². The fourth-order valence-electron chi connectivity index (χ4n) is 2.68. The molecule has 0 bridgehead atoms. The molecule has 0 aliphatic heterocycles. The summed E-state index contributed by atoms with van der Waals surface area (Å²) in [5.74, 6) is 0.136. The first kappa shape index (κ1) is 18.2. The zero-order valence-corrected chi connectivity index (χ0v) is 15.1. The number of fused-ring (bicyclic) bond motifs is 1. The van der Waals surface area contributed by atoms with E-state index < -0.39 is 0 Å². The highest BCUT2D eigenvalue weighted by Gasteiger charge is 2.10. The SMILES string of the molecule is [C-]#[N+]c1ccc2oc(-c3ccc(NC(=O)COc4ccc(F)cc4)cc3)nc2c1. The van der Waals surface area contributed by atoms with Gasteiger partial charge in [-0.2, -0.15) is 0 Å². The Morgan fingerprint density at radius 1 is 1.10 bits per heavy atom. The average Bonchev–Trinajstić information content (AvgIpc) is 3.17. The van der Waals surface area contributed by atoms with Gasteiger partial charge in [-0.15, -0.1) is 0 Å². The van der Waals surface area contributed by atoms with Gasteiger partial charge in [-0.1, -0.05) is 6.07 Å². The second-order valence-corrected chi connectivity index (χ2v) is 6.15. The van der Waals surface area contributed by atoms with Crippen molar-refractivity contribution >= 4 is 28.4 Å². The van der Waals surface area contributed by atoms with Crippen LogP contribution in [-0.4, -0.2) is 17.5 Å². The van der Waals surface area contributed by atoms with Crippen molar-refractivity contribution in [2.75, 3.05) is 11.9 Å². The third-order valence-electron chi connectivity index (χ3n) is 4.10. The van der Waals surface area contributed by atoms with Crippen molar-refractivity contribution in [3.63, 3.8) is 0 Å². The maximum absolute atomic E-state index is 12.9. The van der Waals surface area contributed by atoms with Gasteiger partial charge >= 0.3 is 0 Å². The molecule has 0 atom stereocenters. The molecule has 4 rings (SSSR count). The van der Waals surface area contributed by atoms with Crippen LogP contribution < -0.4 is 10.1 Å². The van der Waals surface area contributed by atoms with Crippen molar-refractivity contribution in [2.24, 2.45) is 0 Å². The second-order valence-electron chi connectivity index (χ2n) is 6.15. The van der Waals surface area contributed by atoms with Gasteiger partial charge in [0, 0.05) is 11.3 Å². The van der Waals surface area contributed by atoms with Crippen LogP contribution in [0.5, 0.6) is 5.75 Å². The molecule has 1 aromatic heterocycles. The lowest BCUT2D eigenvalue weighted by atomic mass is 10.2. The number of anilines is 1. The van der Waals surface area contributed by atoms with Gasteiger partial charge in [0.2, 0.25) is 5.89 Å². The molecule has 0 saturated heterocycles. The van der Waals surface area contributed by atoms with E-state index in [0.717, 1.165) is 5.56 Å². The predicted octanol–water partition coefficient (Wildman–Crippen LogP) is 5.20. The monoisotopic (exact) mass is 387 g/mol. The van der Waals surface area contributed by atoms with Crippen LogP contribution in [0.1, 0.15) is 0 Å². The normalized spacial score (nSPS) is 10.5. The topological polar surface area (TPSA) is 68.7 Å². The minimum Gasteiger partial charge on any atom is -0.484 e. The van der Waals surface area contributed by atoms with E-state index in [2.05, 4.69) is 15.1 Å². The van der Waals surface area contributed by atoms with Gasteiger partial charge < -0.3 is 14.5 Å². The number of hydrogen-bond acceptors (Lipinski definition) is 4. The molecule has 6 nitrogen and oxygen atoms in total. The Morgan fingerprint density at radius 3 is 2.59 bits per heavy atom. The predicted molar refractivity (Wildman–Crippen MR) is 106 cm³/mol. The number of rotatable bonds is 5. The summed E-state index contributed by atoms with van der Waals surface area (Å²) in [6, 6.07) is 17.5. The van der Waals surface area contributed by atoms with Crippen LogP contribution in [0.4, 0.5) is 15.8 Å². The Hall–Kier alpha value is -4.18. The first-order valence-electron chi connectivity index (χ1n) is 8.67. The number of nitrogens with zero attached hydrogens (tertiary/aromatic N) is 2. The molecule has 1 N–H and O–H groups in total. The lowest BCUT2D eigenvalue weighted by molar-refractivity contribution is -0.118. The summed E-state index contributed by atoms with van der Waals surface area (Å²) in [5, 5.41) is 2.72. The van der Waals surface area contributed by atoms with E-state index in [4.69, 9.17) is 15.7 Å². The van der Waals surface area contributed by atoms with Gasteiger partial charge in [-0.05, 0) is 60.7 Å². The molecule has 3 aromatic carbocycles. The quantitative estimate of drug-likeness (QED) is 0.478. The van der Waals surface area contributed by atoms with Gasteiger partial charge in [-0.3, -0.25) is 4.79 Å². The fourth-order valence-corrected chi connectivity index (χ4v) is 2.68. The van der Waals surface area contributed by atoms with Crippen molar-refractivity contribution in [1.29, 1.82) is 0 Å². The summed E-state index contributed by atoms with van der Waals surface area (Å²) in [6.07, 6.45) is 0. The van der Waals surface area contributed by atoms with Gasteiger partial charge in [0.05, 0.1) is 12.1 Å². The van der Waals surface area contributed by atoms with Gasteiger partial charge in [-0.25, -0.2) is 14.2 Å². The van der Waals surface area contributed by atoms with Gasteiger partial charge in [0.25, 0.3) is 5.91 Å². The van der Waals surface area contributed by atoms with E-state index in [1.807, 2.05) is 0 Å². The fraction of sp³-hybridized carbons (Fsp3) is 0.0455. The zero-order valence-electron chi connectivity index (χ0n) is 15.1. The number of carbonyl (C=O) groups excluding carboxylic acids is 1. The molecule has 1 heterocycles. The number of carbonyl (C=O) groups is 1. The maximum atomic E-state index is 12.9. The third kappa shape index (κ3) is 4.22. The van der Waals surface area contributed by atoms with E-state index in [0.29, 0.717) is 34.1 Å². The number of oxazole rings is 1. The van der Waals surface area contributed by atoms with Gasteiger partial charge in [0.1, 0.15) is 11.6 Å². The number of halogens is 1. The molecule has 0 saturated carbocycles. The summed E-state index contributed by atoms with van der Waals surface area (Å²) in [5.41, 5.74) is 3.05. The number of hydrogen-bond donors (Lipinski definition) is 1. The smallest absolute Gasteiger partial charge is 0.262 e. The lowest BCUT2D eigenvalue weighted by Crippen LogP contribution is -2.20. The van der Waals surface area contributed by atoms with E-state index in [-0.39, 0.29) is 18.3 Å². The molecule has 1 amide bonds. The standard InChI is InChI=1S/C22H14FN3O3/c1-24-17-8-11-20-19(12-17)26-22(29-20)14-2-6-16(7-3-14)25-21(27)13-28-18-9-4-15(23)5-10-18/h2-12H,13H2,(H,25,27). The average molecular weight is 387 g/mol. The Balaban J connectivity index is 1.40. The highest BCUT2D eigenvalue weighted by molar-refractivity contribution is 5.92. The van der Waals surface area contributed by atoms with Crippen molar-refractivity contribution in [3.05, 3.63) is 84.0 Å². The van der Waals surface area contributed by atoms with Crippen LogP contribution in [0.2, 0.25) is 0 Å². The van der Waals surface area contributed by atoms with Crippen LogP contribution >= 0.6 is 0 Å². The van der Waals surface area contributed by atoms with Crippen LogP contribution in [0.15, 0.2) is 71.1 Å². The summed E-state index contributed by atoms with van der Waals surface area (Å²) in [4.78, 5) is 19.8. The summed E-state index contributed by atoms with van der Waals surface area (Å²) in [6.45, 7) is 6.87. The zero-order chi connectivity index (χ0) is 20.2. The van der Waals surface area contributed by atoms with E-state index >= 15 is 0 Å². The molecule has 0 fully saturated rings. The lowest BCUT2D eigenvalue weighted by Gasteiger charge is -2.07. The summed E-state index contributed by atoms with van der Waals surface area (Å²) in [7, 11) is 0. The van der Waals surface area contributed by atoms with Crippen LogP contribution in [0, 0.1) is 12.4 Å². The molecule has 7 heteroatoms. The molecule has 142 valence electrons. The molecule has 0 aliphatic rings. The van der Waals surface area contributed by atoms with E-state index in [9.17, 15) is 9.18 Å². The number of nitrogens with one attached hydrogen (secondary N) is 1. The molecule has 0 unspecified atom stereocenters. The Bertz CT molecular complexity index is 1210. The number of amides is 1.